The Balaban J connectivity index is 2.45. The standard InChI is InChI=1S/C15H13NO2/c17-8-7-16-14-4-2-1-3-12(14)13-9-11(10-18)5-6-15(13)16/h1-6,9-10,17H,7-8H2. The summed E-state index contributed by atoms with van der Waals surface area (Å²) in [6, 6.07) is 13.7. The second-order valence-electron chi connectivity index (χ2n) is 4.29. The quantitative estimate of drug-likeness (QED) is 0.714. The summed E-state index contributed by atoms with van der Waals surface area (Å²) in [5.74, 6) is 0. The van der Waals surface area contributed by atoms with Crippen LogP contribution in [0.1, 0.15) is 10.4 Å². The maximum Gasteiger partial charge on any atom is 0.150 e. The number of hydrogen-bond acceptors (Lipinski definition) is 2. The number of benzene rings is 2. The first kappa shape index (κ1) is 11.0. The second kappa shape index (κ2) is 4.27. The third kappa shape index (κ3) is 1.52. The molecule has 0 bridgehead atoms. The van der Waals surface area contributed by atoms with Crippen molar-refractivity contribution in [1.29, 1.82) is 0 Å². The van der Waals surface area contributed by atoms with Gasteiger partial charge in [0.15, 0.2) is 0 Å². The van der Waals surface area contributed by atoms with Crippen LogP contribution in [-0.4, -0.2) is 22.6 Å². The largest absolute Gasteiger partial charge is 0.395 e. The Morgan fingerprint density at radius 2 is 1.83 bits per heavy atom. The summed E-state index contributed by atoms with van der Waals surface area (Å²) >= 11 is 0. The minimum Gasteiger partial charge on any atom is -0.395 e. The molecule has 3 aromatic rings. The van der Waals surface area contributed by atoms with Gasteiger partial charge in [-0.2, -0.15) is 0 Å². The third-order valence-electron chi connectivity index (χ3n) is 3.26. The van der Waals surface area contributed by atoms with Gasteiger partial charge >= 0.3 is 0 Å². The zero-order valence-electron chi connectivity index (χ0n) is 9.84. The van der Waals surface area contributed by atoms with Crippen molar-refractivity contribution in [2.75, 3.05) is 6.61 Å². The van der Waals surface area contributed by atoms with E-state index >= 15 is 0 Å². The van der Waals surface area contributed by atoms with Crippen molar-refractivity contribution in [2.24, 2.45) is 0 Å². The fourth-order valence-electron chi connectivity index (χ4n) is 2.49. The molecule has 3 nitrogen and oxygen atoms in total. The van der Waals surface area contributed by atoms with Gasteiger partial charge in [-0.3, -0.25) is 4.79 Å². The van der Waals surface area contributed by atoms with E-state index in [-0.39, 0.29) is 6.61 Å². The molecule has 1 aromatic heterocycles. The predicted molar refractivity (Wildman–Crippen MR) is 71.9 cm³/mol. The molecule has 18 heavy (non-hydrogen) atoms. The van der Waals surface area contributed by atoms with Gasteiger partial charge in [0.05, 0.1) is 6.61 Å². The first-order valence-corrected chi connectivity index (χ1v) is 5.92. The molecule has 0 fully saturated rings. The molecule has 3 rings (SSSR count). The lowest BCUT2D eigenvalue weighted by Crippen LogP contribution is -2.01. The molecule has 0 aliphatic carbocycles. The van der Waals surface area contributed by atoms with Gasteiger partial charge in [0, 0.05) is 33.9 Å². The zero-order valence-corrected chi connectivity index (χ0v) is 9.84. The van der Waals surface area contributed by atoms with Crippen LogP contribution < -0.4 is 0 Å². The van der Waals surface area contributed by atoms with Crippen molar-refractivity contribution >= 4 is 28.1 Å². The predicted octanol–water partition coefficient (Wildman–Crippen LogP) is 2.60. The number of aliphatic hydroxyl groups excluding tert-OH is 1. The number of aldehydes is 1. The average molecular weight is 239 g/mol. The molecule has 0 atom stereocenters. The van der Waals surface area contributed by atoms with Gasteiger partial charge in [-0.25, -0.2) is 0 Å². The molecule has 0 saturated carbocycles. The molecule has 0 amide bonds. The van der Waals surface area contributed by atoms with E-state index in [1.54, 1.807) is 0 Å². The minimum atomic E-state index is 0.100. The van der Waals surface area contributed by atoms with E-state index in [0.29, 0.717) is 12.1 Å². The van der Waals surface area contributed by atoms with E-state index in [9.17, 15) is 9.90 Å². The molecule has 0 unspecified atom stereocenters. The first-order chi connectivity index (χ1) is 8.85. The van der Waals surface area contributed by atoms with Crippen LogP contribution in [0, 0.1) is 0 Å². The van der Waals surface area contributed by atoms with Crippen LogP contribution in [0.3, 0.4) is 0 Å². The van der Waals surface area contributed by atoms with Crippen molar-refractivity contribution in [3.05, 3.63) is 48.0 Å². The monoisotopic (exact) mass is 239 g/mol. The van der Waals surface area contributed by atoms with E-state index in [4.69, 9.17) is 0 Å². The summed E-state index contributed by atoms with van der Waals surface area (Å²) in [6.07, 6.45) is 0.859. The van der Waals surface area contributed by atoms with Crippen molar-refractivity contribution in [3.63, 3.8) is 0 Å². The zero-order chi connectivity index (χ0) is 12.5. The molecule has 0 aliphatic heterocycles. The molecule has 1 N–H and O–H groups in total. The van der Waals surface area contributed by atoms with E-state index in [1.165, 1.54) is 0 Å². The van der Waals surface area contributed by atoms with Crippen LogP contribution in [0.2, 0.25) is 0 Å². The lowest BCUT2D eigenvalue weighted by molar-refractivity contribution is 0.112. The van der Waals surface area contributed by atoms with Crippen molar-refractivity contribution in [2.45, 2.75) is 6.54 Å². The summed E-state index contributed by atoms with van der Waals surface area (Å²) in [5.41, 5.74) is 2.81. The van der Waals surface area contributed by atoms with E-state index in [2.05, 4.69) is 4.57 Å². The molecule has 0 aliphatic rings. The van der Waals surface area contributed by atoms with Crippen LogP contribution in [0.5, 0.6) is 0 Å². The van der Waals surface area contributed by atoms with Crippen LogP contribution in [0.15, 0.2) is 42.5 Å². The number of carbonyl (C=O) groups excluding carboxylic acids is 1. The first-order valence-electron chi connectivity index (χ1n) is 5.92. The highest BCUT2D eigenvalue weighted by atomic mass is 16.3. The summed E-state index contributed by atoms with van der Waals surface area (Å²) in [4.78, 5) is 10.9. The normalized spacial score (nSPS) is 11.2. The number of para-hydroxylation sites is 1. The van der Waals surface area contributed by atoms with Gasteiger partial charge in [-0.05, 0) is 24.3 Å². The van der Waals surface area contributed by atoms with Gasteiger partial charge < -0.3 is 9.67 Å². The molecule has 0 saturated heterocycles. The molecular formula is C15H13NO2. The summed E-state index contributed by atoms with van der Waals surface area (Å²) in [7, 11) is 0. The molecule has 0 radical (unpaired) electrons. The van der Waals surface area contributed by atoms with Gasteiger partial charge in [-0.15, -0.1) is 0 Å². The average Bonchev–Trinajstić information content (AvgIpc) is 2.74. The Hall–Kier alpha value is -2.13. The highest BCUT2D eigenvalue weighted by molar-refractivity contribution is 6.09. The molecule has 0 spiro atoms. The second-order valence-corrected chi connectivity index (χ2v) is 4.29. The highest BCUT2D eigenvalue weighted by Gasteiger charge is 2.09. The Kier molecular flexibility index (Phi) is 2.61. The molecule has 1 heterocycles. The lowest BCUT2D eigenvalue weighted by Gasteiger charge is -2.04. The Morgan fingerprint density at radius 1 is 1.06 bits per heavy atom. The topological polar surface area (TPSA) is 42.2 Å². The maximum atomic E-state index is 10.9. The fourth-order valence-corrected chi connectivity index (χ4v) is 2.49. The maximum absolute atomic E-state index is 10.9. The minimum absolute atomic E-state index is 0.100. The number of nitrogens with zero attached hydrogens (tertiary/aromatic N) is 1. The molecule has 90 valence electrons. The van der Waals surface area contributed by atoms with Gasteiger partial charge in [-0.1, -0.05) is 18.2 Å². The molecule has 2 aromatic carbocycles. The van der Waals surface area contributed by atoms with Gasteiger partial charge in [0.2, 0.25) is 0 Å². The Labute approximate surface area is 104 Å². The van der Waals surface area contributed by atoms with Crippen molar-refractivity contribution < 1.29 is 9.90 Å². The van der Waals surface area contributed by atoms with Crippen molar-refractivity contribution in [3.8, 4) is 0 Å². The van der Waals surface area contributed by atoms with Gasteiger partial charge in [0.25, 0.3) is 0 Å². The van der Waals surface area contributed by atoms with E-state index < -0.39 is 0 Å². The van der Waals surface area contributed by atoms with Gasteiger partial charge in [0.1, 0.15) is 6.29 Å². The SMILES string of the molecule is O=Cc1ccc2c(c1)c1ccccc1n2CCO. The van der Waals surface area contributed by atoms with Crippen molar-refractivity contribution in [1.82, 2.24) is 4.57 Å². The number of aliphatic hydroxyl groups is 1. The van der Waals surface area contributed by atoms with Crippen LogP contribution in [0.25, 0.3) is 21.8 Å². The van der Waals surface area contributed by atoms with Crippen LogP contribution >= 0.6 is 0 Å². The van der Waals surface area contributed by atoms with Crippen LogP contribution in [0.4, 0.5) is 0 Å². The van der Waals surface area contributed by atoms with E-state index in [0.717, 1.165) is 28.1 Å². The smallest absolute Gasteiger partial charge is 0.150 e. The number of carbonyl (C=O) groups is 1. The third-order valence-corrected chi connectivity index (χ3v) is 3.26. The summed E-state index contributed by atoms with van der Waals surface area (Å²) in [5, 5.41) is 11.4. The van der Waals surface area contributed by atoms with E-state index in [1.807, 2.05) is 42.5 Å². The summed E-state index contributed by atoms with van der Waals surface area (Å²) < 4.78 is 2.08. The van der Waals surface area contributed by atoms with Crippen LogP contribution in [-0.2, 0) is 6.54 Å². The number of aromatic nitrogens is 1. The molecular weight excluding hydrogens is 226 g/mol. The summed E-state index contributed by atoms with van der Waals surface area (Å²) in [6.45, 7) is 0.660. The number of rotatable bonds is 3. The number of hydrogen-bond donors (Lipinski definition) is 1. The Bertz CT molecular complexity index is 728. The lowest BCUT2D eigenvalue weighted by atomic mass is 10.1. The highest BCUT2D eigenvalue weighted by Crippen LogP contribution is 2.29. The Morgan fingerprint density at radius 3 is 2.61 bits per heavy atom. The number of fused-ring (bicyclic) bond motifs is 3. The fraction of sp³-hybridized carbons (Fsp3) is 0.133. The molecule has 3 heteroatoms.